The number of rotatable bonds is 2. The van der Waals surface area contributed by atoms with Crippen LogP contribution in [0.4, 0.5) is 10.1 Å². The van der Waals surface area contributed by atoms with Crippen molar-refractivity contribution in [3.05, 3.63) is 35.8 Å². The van der Waals surface area contributed by atoms with Crippen molar-refractivity contribution in [3.8, 4) is 0 Å². The van der Waals surface area contributed by atoms with Crippen LogP contribution >= 0.6 is 0 Å². The van der Waals surface area contributed by atoms with Gasteiger partial charge in [-0.15, -0.1) is 0 Å². The predicted molar refractivity (Wildman–Crippen MR) is 63.2 cm³/mol. The second-order valence-corrected chi connectivity index (χ2v) is 4.28. The molecule has 0 saturated heterocycles. The van der Waals surface area contributed by atoms with Gasteiger partial charge in [-0.1, -0.05) is 0 Å². The molecule has 0 atom stereocenters. The number of halogens is 1. The van der Waals surface area contributed by atoms with Crippen LogP contribution in [-0.2, 0) is 0 Å². The average molecular weight is 216 g/mol. The summed E-state index contributed by atoms with van der Waals surface area (Å²) < 4.78 is 13.2. The van der Waals surface area contributed by atoms with Crippen molar-refractivity contribution in [3.63, 3.8) is 0 Å². The molecular weight excluding hydrogens is 203 g/mol. The maximum absolute atomic E-state index is 13.2. The van der Waals surface area contributed by atoms with E-state index in [2.05, 4.69) is 16.4 Å². The van der Waals surface area contributed by atoms with E-state index in [4.69, 9.17) is 0 Å². The summed E-state index contributed by atoms with van der Waals surface area (Å²) in [4.78, 5) is 4.53. The molecule has 1 aliphatic carbocycles. The highest BCUT2D eigenvalue weighted by molar-refractivity contribution is 5.91. The molecule has 2 aromatic rings. The Labute approximate surface area is 93.5 Å². The highest BCUT2D eigenvalue weighted by Crippen LogP contribution is 2.41. The molecule has 3 rings (SSSR count). The Bertz CT molecular complexity index is 547. The third-order valence-electron chi connectivity index (χ3n) is 3.06. The molecule has 1 N–H and O–H groups in total. The summed E-state index contributed by atoms with van der Waals surface area (Å²) in [5.41, 5.74) is 2.86. The zero-order valence-corrected chi connectivity index (χ0v) is 9.13. The van der Waals surface area contributed by atoms with Crippen LogP contribution in [-0.4, -0.2) is 12.0 Å². The van der Waals surface area contributed by atoms with E-state index >= 15 is 0 Å². The molecule has 1 fully saturated rings. The lowest BCUT2D eigenvalue weighted by Gasteiger charge is -2.08. The van der Waals surface area contributed by atoms with E-state index in [1.807, 2.05) is 7.05 Å². The zero-order valence-electron chi connectivity index (χ0n) is 9.13. The second kappa shape index (κ2) is 3.44. The first-order valence-electron chi connectivity index (χ1n) is 5.56. The number of anilines is 1. The van der Waals surface area contributed by atoms with Gasteiger partial charge < -0.3 is 5.32 Å². The molecule has 1 aromatic carbocycles. The highest BCUT2D eigenvalue weighted by Gasteiger charge is 2.25. The Morgan fingerprint density at radius 3 is 2.81 bits per heavy atom. The van der Waals surface area contributed by atoms with Gasteiger partial charge in [0.1, 0.15) is 5.82 Å². The van der Waals surface area contributed by atoms with E-state index in [0.29, 0.717) is 5.92 Å². The highest BCUT2D eigenvalue weighted by atomic mass is 19.1. The molecular formula is C13H13FN2. The minimum atomic E-state index is -0.227. The van der Waals surface area contributed by atoms with Crippen LogP contribution in [0.3, 0.4) is 0 Å². The number of hydrogen-bond acceptors (Lipinski definition) is 2. The first-order chi connectivity index (χ1) is 7.78. The molecule has 2 nitrogen and oxygen atoms in total. The van der Waals surface area contributed by atoms with Gasteiger partial charge in [-0.25, -0.2) is 4.39 Å². The van der Waals surface area contributed by atoms with Gasteiger partial charge in [0.05, 0.1) is 5.52 Å². The zero-order chi connectivity index (χ0) is 11.1. The number of benzene rings is 1. The quantitative estimate of drug-likeness (QED) is 0.833. The molecule has 0 radical (unpaired) electrons. The van der Waals surface area contributed by atoms with Crippen molar-refractivity contribution in [2.24, 2.45) is 0 Å². The SMILES string of the molecule is CNc1cc(C2CC2)nc2cc(F)ccc12. The van der Waals surface area contributed by atoms with Crippen molar-refractivity contribution < 1.29 is 4.39 Å². The summed E-state index contributed by atoms with van der Waals surface area (Å²) in [5, 5.41) is 4.13. The molecule has 16 heavy (non-hydrogen) atoms. The van der Waals surface area contributed by atoms with Crippen LogP contribution in [0.25, 0.3) is 10.9 Å². The van der Waals surface area contributed by atoms with Crippen LogP contribution < -0.4 is 5.32 Å². The van der Waals surface area contributed by atoms with E-state index < -0.39 is 0 Å². The number of nitrogens with one attached hydrogen (secondary N) is 1. The summed E-state index contributed by atoms with van der Waals surface area (Å²) in [6.45, 7) is 0. The fourth-order valence-electron chi connectivity index (χ4n) is 2.02. The number of nitrogens with zero attached hydrogens (tertiary/aromatic N) is 1. The first-order valence-corrected chi connectivity index (χ1v) is 5.56. The molecule has 0 aliphatic heterocycles. The Morgan fingerprint density at radius 1 is 1.31 bits per heavy atom. The lowest BCUT2D eigenvalue weighted by Crippen LogP contribution is -1.95. The lowest BCUT2D eigenvalue weighted by atomic mass is 10.1. The monoisotopic (exact) mass is 216 g/mol. The molecule has 1 aliphatic rings. The van der Waals surface area contributed by atoms with Crippen LogP contribution in [0.15, 0.2) is 24.3 Å². The van der Waals surface area contributed by atoms with Gasteiger partial charge in [0.25, 0.3) is 0 Å². The smallest absolute Gasteiger partial charge is 0.125 e. The van der Waals surface area contributed by atoms with E-state index in [9.17, 15) is 4.39 Å². The number of fused-ring (bicyclic) bond motifs is 1. The molecule has 82 valence electrons. The minimum Gasteiger partial charge on any atom is -0.388 e. The molecule has 1 heterocycles. The third-order valence-corrected chi connectivity index (χ3v) is 3.06. The summed E-state index contributed by atoms with van der Waals surface area (Å²) in [5.74, 6) is 0.356. The molecule has 0 amide bonds. The molecule has 0 bridgehead atoms. The largest absolute Gasteiger partial charge is 0.388 e. The Morgan fingerprint density at radius 2 is 2.12 bits per heavy atom. The molecule has 3 heteroatoms. The number of aromatic nitrogens is 1. The van der Waals surface area contributed by atoms with Gasteiger partial charge in [-0.05, 0) is 31.0 Å². The molecule has 0 spiro atoms. The van der Waals surface area contributed by atoms with Gasteiger partial charge >= 0.3 is 0 Å². The van der Waals surface area contributed by atoms with Crippen LogP contribution in [0, 0.1) is 5.82 Å². The lowest BCUT2D eigenvalue weighted by molar-refractivity contribution is 0.629. The van der Waals surface area contributed by atoms with E-state index in [-0.39, 0.29) is 5.82 Å². The standard InChI is InChI=1S/C13H13FN2/c1-15-12-7-11(8-2-3-8)16-13-6-9(14)4-5-10(12)13/h4-8H,2-3H2,1H3,(H,15,16). The van der Waals surface area contributed by atoms with Crippen LogP contribution in [0.5, 0.6) is 0 Å². The van der Waals surface area contributed by atoms with Crippen molar-refractivity contribution in [1.82, 2.24) is 4.98 Å². The second-order valence-electron chi connectivity index (χ2n) is 4.28. The van der Waals surface area contributed by atoms with Gasteiger partial charge in [-0.2, -0.15) is 0 Å². The van der Waals surface area contributed by atoms with E-state index in [0.717, 1.165) is 22.3 Å². The Balaban J connectivity index is 2.26. The summed E-state index contributed by atoms with van der Waals surface area (Å²) in [6, 6.07) is 6.84. The first kappa shape index (κ1) is 9.58. The van der Waals surface area contributed by atoms with Gasteiger partial charge in [0.2, 0.25) is 0 Å². The third kappa shape index (κ3) is 1.52. The van der Waals surface area contributed by atoms with Gasteiger partial charge in [0.15, 0.2) is 0 Å². The number of pyridine rings is 1. The van der Waals surface area contributed by atoms with E-state index in [1.54, 1.807) is 6.07 Å². The average Bonchev–Trinajstić information content (AvgIpc) is 3.10. The van der Waals surface area contributed by atoms with Crippen molar-refractivity contribution in [2.45, 2.75) is 18.8 Å². The molecule has 1 saturated carbocycles. The Hall–Kier alpha value is -1.64. The van der Waals surface area contributed by atoms with Crippen molar-refractivity contribution >= 4 is 16.6 Å². The van der Waals surface area contributed by atoms with Crippen LogP contribution in [0.2, 0.25) is 0 Å². The van der Waals surface area contributed by atoms with E-state index in [1.165, 1.54) is 25.0 Å². The maximum atomic E-state index is 13.2. The predicted octanol–water partition coefficient (Wildman–Crippen LogP) is 3.29. The normalized spacial score (nSPS) is 15.4. The summed E-state index contributed by atoms with van der Waals surface area (Å²) in [6.07, 6.45) is 2.41. The molecule has 1 aromatic heterocycles. The number of hydrogen-bond donors (Lipinski definition) is 1. The van der Waals surface area contributed by atoms with Crippen molar-refractivity contribution in [2.75, 3.05) is 12.4 Å². The van der Waals surface area contributed by atoms with Crippen LogP contribution in [0.1, 0.15) is 24.5 Å². The topological polar surface area (TPSA) is 24.9 Å². The fourth-order valence-corrected chi connectivity index (χ4v) is 2.02. The van der Waals surface area contributed by atoms with Gasteiger partial charge in [0, 0.05) is 35.8 Å². The minimum absolute atomic E-state index is 0.227. The molecule has 0 unspecified atom stereocenters. The van der Waals surface area contributed by atoms with Gasteiger partial charge in [-0.3, -0.25) is 4.98 Å². The van der Waals surface area contributed by atoms with Crippen molar-refractivity contribution in [1.29, 1.82) is 0 Å². The fraction of sp³-hybridized carbons (Fsp3) is 0.308. The summed E-state index contributed by atoms with van der Waals surface area (Å²) in [7, 11) is 1.88. The maximum Gasteiger partial charge on any atom is 0.125 e. The Kier molecular flexibility index (Phi) is 2.06. The summed E-state index contributed by atoms with van der Waals surface area (Å²) >= 11 is 0.